The Morgan fingerprint density at radius 3 is 2.29 bits per heavy atom. The molecule has 3 nitrogen and oxygen atoms in total. The summed E-state index contributed by atoms with van der Waals surface area (Å²) in [7, 11) is 1.34. The van der Waals surface area contributed by atoms with Crippen LogP contribution in [0, 0.1) is 13.8 Å². The summed E-state index contributed by atoms with van der Waals surface area (Å²) in [5, 5.41) is 0. The molecule has 1 unspecified atom stereocenters. The number of aryl methyl sites for hydroxylation is 2. The highest BCUT2D eigenvalue weighted by Gasteiger charge is 2.19. The standard InChI is InChI=1S/C11H15NO2/c1-7-5-4-6-8(2)9(7)10(12)11(13)14-3/h4-6,10H,12H2,1-3H3. The van der Waals surface area contributed by atoms with Gasteiger partial charge in [0.1, 0.15) is 6.04 Å². The zero-order chi connectivity index (χ0) is 10.7. The van der Waals surface area contributed by atoms with Crippen molar-refractivity contribution in [3.05, 3.63) is 34.9 Å². The van der Waals surface area contributed by atoms with E-state index in [4.69, 9.17) is 5.73 Å². The highest BCUT2D eigenvalue weighted by molar-refractivity contribution is 5.78. The Morgan fingerprint density at radius 1 is 1.36 bits per heavy atom. The lowest BCUT2D eigenvalue weighted by Gasteiger charge is -2.14. The second-order valence-corrected chi connectivity index (χ2v) is 3.31. The van der Waals surface area contributed by atoms with E-state index in [2.05, 4.69) is 4.74 Å². The molecule has 3 heteroatoms. The van der Waals surface area contributed by atoms with Crippen molar-refractivity contribution in [3.63, 3.8) is 0 Å². The number of nitrogens with two attached hydrogens (primary N) is 1. The van der Waals surface area contributed by atoms with Gasteiger partial charge < -0.3 is 10.5 Å². The average molecular weight is 193 g/mol. The quantitative estimate of drug-likeness (QED) is 0.724. The maximum absolute atomic E-state index is 11.3. The second kappa shape index (κ2) is 4.24. The molecule has 1 rings (SSSR count). The van der Waals surface area contributed by atoms with Gasteiger partial charge in [-0.2, -0.15) is 0 Å². The number of carbonyl (C=O) groups is 1. The largest absolute Gasteiger partial charge is 0.468 e. The Labute approximate surface area is 83.9 Å². The van der Waals surface area contributed by atoms with Gasteiger partial charge in [-0.25, -0.2) is 0 Å². The molecule has 0 aliphatic heterocycles. The van der Waals surface area contributed by atoms with E-state index in [1.807, 2.05) is 32.0 Å². The molecule has 76 valence electrons. The number of rotatable bonds is 2. The molecule has 0 heterocycles. The fourth-order valence-electron chi connectivity index (χ4n) is 1.56. The van der Waals surface area contributed by atoms with Crippen LogP contribution in [0.5, 0.6) is 0 Å². The van der Waals surface area contributed by atoms with E-state index >= 15 is 0 Å². The summed E-state index contributed by atoms with van der Waals surface area (Å²) in [5.74, 6) is -0.401. The van der Waals surface area contributed by atoms with Gasteiger partial charge in [-0.3, -0.25) is 4.79 Å². The molecule has 0 aliphatic carbocycles. The number of carbonyl (C=O) groups excluding carboxylic acids is 1. The first-order valence-electron chi connectivity index (χ1n) is 4.47. The Morgan fingerprint density at radius 2 is 1.86 bits per heavy atom. The first-order chi connectivity index (χ1) is 6.57. The minimum absolute atomic E-state index is 0.401. The van der Waals surface area contributed by atoms with Crippen molar-refractivity contribution in [1.82, 2.24) is 0 Å². The van der Waals surface area contributed by atoms with Gasteiger partial charge in [-0.05, 0) is 30.5 Å². The van der Waals surface area contributed by atoms with Crippen LogP contribution in [0.1, 0.15) is 22.7 Å². The highest BCUT2D eigenvalue weighted by atomic mass is 16.5. The number of ether oxygens (including phenoxy) is 1. The van der Waals surface area contributed by atoms with E-state index in [-0.39, 0.29) is 0 Å². The first-order valence-corrected chi connectivity index (χ1v) is 4.47. The molecule has 0 amide bonds. The molecular weight excluding hydrogens is 178 g/mol. The molecule has 0 bridgehead atoms. The molecule has 14 heavy (non-hydrogen) atoms. The number of hydrogen-bond acceptors (Lipinski definition) is 3. The summed E-state index contributed by atoms with van der Waals surface area (Å²) in [6, 6.07) is 5.13. The van der Waals surface area contributed by atoms with E-state index in [0.29, 0.717) is 0 Å². The van der Waals surface area contributed by atoms with Crippen molar-refractivity contribution in [1.29, 1.82) is 0 Å². The van der Waals surface area contributed by atoms with Crippen molar-refractivity contribution < 1.29 is 9.53 Å². The van der Waals surface area contributed by atoms with Crippen LogP contribution < -0.4 is 5.73 Å². The van der Waals surface area contributed by atoms with Gasteiger partial charge in [-0.1, -0.05) is 18.2 Å². The van der Waals surface area contributed by atoms with Gasteiger partial charge in [0, 0.05) is 0 Å². The molecule has 0 radical (unpaired) electrons. The van der Waals surface area contributed by atoms with Crippen molar-refractivity contribution in [2.75, 3.05) is 7.11 Å². The van der Waals surface area contributed by atoms with E-state index in [1.165, 1.54) is 7.11 Å². The molecule has 0 aromatic heterocycles. The van der Waals surface area contributed by atoms with Gasteiger partial charge >= 0.3 is 5.97 Å². The summed E-state index contributed by atoms with van der Waals surface area (Å²) in [5.41, 5.74) is 8.67. The van der Waals surface area contributed by atoms with Crippen LogP contribution >= 0.6 is 0 Å². The minimum atomic E-state index is -0.679. The van der Waals surface area contributed by atoms with Gasteiger partial charge in [0.25, 0.3) is 0 Å². The van der Waals surface area contributed by atoms with E-state index in [1.54, 1.807) is 0 Å². The maximum atomic E-state index is 11.3. The topological polar surface area (TPSA) is 52.3 Å². The summed E-state index contributed by atoms with van der Waals surface area (Å²) >= 11 is 0. The SMILES string of the molecule is COC(=O)C(N)c1c(C)cccc1C. The number of benzene rings is 1. The van der Waals surface area contributed by atoms with Crippen molar-refractivity contribution >= 4 is 5.97 Å². The third-order valence-corrected chi connectivity index (χ3v) is 2.31. The molecule has 0 saturated heterocycles. The fraction of sp³-hybridized carbons (Fsp3) is 0.364. The van der Waals surface area contributed by atoms with Crippen molar-refractivity contribution in [2.45, 2.75) is 19.9 Å². The molecule has 1 aromatic rings. The summed E-state index contributed by atoms with van der Waals surface area (Å²) in [6.07, 6.45) is 0. The predicted molar refractivity (Wildman–Crippen MR) is 54.9 cm³/mol. The number of esters is 1. The maximum Gasteiger partial charge on any atom is 0.327 e. The first kappa shape index (κ1) is 10.7. The smallest absolute Gasteiger partial charge is 0.327 e. The van der Waals surface area contributed by atoms with E-state index in [9.17, 15) is 4.79 Å². The summed E-state index contributed by atoms with van der Waals surface area (Å²) in [6.45, 7) is 3.87. The van der Waals surface area contributed by atoms with Crippen LogP contribution in [0.15, 0.2) is 18.2 Å². The average Bonchev–Trinajstić information content (AvgIpc) is 2.16. The Kier molecular flexibility index (Phi) is 3.25. The van der Waals surface area contributed by atoms with E-state index in [0.717, 1.165) is 16.7 Å². The molecule has 0 spiro atoms. The molecule has 2 N–H and O–H groups in total. The van der Waals surface area contributed by atoms with Crippen molar-refractivity contribution in [3.8, 4) is 0 Å². The normalized spacial score (nSPS) is 12.3. The van der Waals surface area contributed by atoms with Crippen LogP contribution in [-0.2, 0) is 9.53 Å². The fourth-order valence-corrected chi connectivity index (χ4v) is 1.56. The number of hydrogen-bond donors (Lipinski definition) is 1. The third-order valence-electron chi connectivity index (χ3n) is 2.31. The molecule has 0 fully saturated rings. The van der Waals surface area contributed by atoms with Crippen LogP contribution in [0.25, 0.3) is 0 Å². The Balaban J connectivity index is 3.11. The molecule has 1 atom stereocenters. The lowest BCUT2D eigenvalue weighted by atomic mass is 9.97. The summed E-state index contributed by atoms with van der Waals surface area (Å²) < 4.78 is 4.61. The van der Waals surface area contributed by atoms with Crippen LogP contribution in [0.2, 0.25) is 0 Å². The highest BCUT2D eigenvalue weighted by Crippen LogP contribution is 2.20. The van der Waals surface area contributed by atoms with Crippen molar-refractivity contribution in [2.24, 2.45) is 5.73 Å². The lowest BCUT2D eigenvalue weighted by Crippen LogP contribution is -2.24. The molecule has 0 saturated carbocycles. The van der Waals surface area contributed by atoms with Gasteiger partial charge in [0.2, 0.25) is 0 Å². The van der Waals surface area contributed by atoms with E-state index < -0.39 is 12.0 Å². The number of methoxy groups -OCH3 is 1. The van der Waals surface area contributed by atoms with Gasteiger partial charge in [0.15, 0.2) is 0 Å². The molecule has 0 aliphatic rings. The zero-order valence-electron chi connectivity index (χ0n) is 8.70. The third kappa shape index (κ3) is 1.93. The predicted octanol–water partition coefficient (Wildman–Crippen LogP) is 1.48. The van der Waals surface area contributed by atoms with Crippen LogP contribution in [0.3, 0.4) is 0 Å². The van der Waals surface area contributed by atoms with Crippen LogP contribution in [-0.4, -0.2) is 13.1 Å². The molecular formula is C11H15NO2. The van der Waals surface area contributed by atoms with Gasteiger partial charge in [0.05, 0.1) is 7.11 Å². The van der Waals surface area contributed by atoms with Gasteiger partial charge in [-0.15, -0.1) is 0 Å². The van der Waals surface area contributed by atoms with Crippen LogP contribution in [0.4, 0.5) is 0 Å². The lowest BCUT2D eigenvalue weighted by molar-refractivity contribution is -0.142. The Bertz CT molecular complexity index is 327. The second-order valence-electron chi connectivity index (χ2n) is 3.31. The minimum Gasteiger partial charge on any atom is -0.468 e. The zero-order valence-corrected chi connectivity index (χ0v) is 8.70. The monoisotopic (exact) mass is 193 g/mol. The summed E-state index contributed by atoms with van der Waals surface area (Å²) in [4.78, 5) is 11.3. The molecule has 1 aromatic carbocycles. The Hall–Kier alpha value is -1.35.